The van der Waals surface area contributed by atoms with E-state index < -0.39 is 16.2 Å². The van der Waals surface area contributed by atoms with Gasteiger partial charge in [0.1, 0.15) is 6.10 Å². The molecule has 1 aliphatic carbocycles. The minimum Gasteiger partial charge on any atom is -0.384 e. The minimum atomic E-state index is -1.78. The number of hydrogen-bond donors (Lipinski definition) is 1. The van der Waals surface area contributed by atoms with Gasteiger partial charge in [-0.15, -0.1) is 0 Å². The van der Waals surface area contributed by atoms with E-state index in [1.807, 2.05) is 0 Å². The van der Waals surface area contributed by atoms with Crippen molar-refractivity contribution in [3.63, 3.8) is 0 Å². The highest BCUT2D eigenvalue weighted by molar-refractivity contribution is 6.62. The van der Waals surface area contributed by atoms with E-state index in [0.717, 1.165) is 6.08 Å². The monoisotopic (exact) mass is 200 g/mol. The van der Waals surface area contributed by atoms with Crippen LogP contribution in [0, 0.1) is 0 Å². The summed E-state index contributed by atoms with van der Waals surface area (Å²) < 4.78 is -1.78. The third-order valence-electron chi connectivity index (χ3n) is 1.20. The molecule has 0 heterocycles. The SMILES string of the molecule is O=C1C=C(Cl)[C@H](O)C1(Cl)Cl. The van der Waals surface area contributed by atoms with Gasteiger partial charge in [0, 0.05) is 6.08 Å². The molecule has 0 aromatic carbocycles. The topological polar surface area (TPSA) is 37.3 Å². The van der Waals surface area contributed by atoms with Crippen molar-refractivity contribution in [2.24, 2.45) is 0 Å². The summed E-state index contributed by atoms with van der Waals surface area (Å²) >= 11 is 16.1. The summed E-state index contributed by atoms with van der Waals surface area (Å²) in [5, 5.41) is 8.99. The van der Waals surface area contributed by atoms with Gasteiger partial charge in [-0.05, 0) is 0 Å². The molecule has 0 amide bonds. The number of hydrogen-bond acceptors (Lipinski definition) is 2. The Kier molecular flexibility index (Phi) is 1.98. The molecule has 56 valence electrons. The van der Waals surface area contributed by atoms with Crippen LogP contribution in [0.1, 0.15) is 0 Å². The molecule has 2 nitrogen and oxygen atoms in total. The first-order valence-electron chi connectivity index (χ1n) is 2.43. The van der Waals surface area contributed by atoms with Crippen LogP contribution in [0.3, 0.4) is 0 Å². The molecule has 0 aliphatic heterocycles. The summed E-state index contributed by atoms with van der Waals surface area (Å²) in [5.41, 5.74) is 0. The first-order valence-corrected chi connectivity index (χ1v) is 3.57. The van der Waals surface area contributed by atoms with Gasteiger partial charge in [0.25, 0.3) is 0 Å². The van der Waals surface area contributed by atoms with E-state index >= 15 is 0 Å². The fraction of sp³-hybridized carbons (Fsp3) is 0.400. The van der Waals surface area contributed by atoms with E-state index in [-0.39, 0.29) is 5.03 Å². The maximum atomic E-state index is 10.7. The van der Waals surface area contributed by atoms with Gasteiger partial charge in [0.05, 0.1) is 5.03 Å². The zero-order chi connectivity index (χ0) is 7.94. The maximum Gasteiger partial charge on any atom is 0.210 e. The minimum absolute atomic E-state index is 0.0185. The van der Waals surface area contributed by atoms with Gasteiger partial charge < -0.3 is 5.11 Å². The predicted molar refractivity (Wildman–Crippen MR) is 39.4 cm³/mol. The van der Waals surface area contributed by atoms with Crippen LogP contribution >= 0.6 is 34.8 Å². The number of rotatable bonds is 0. The highest BCUT2D eigenvalue weighted by Gasteiger charge is 2.47. The predicted octanol–water partition coefficient (Wildman–Crippen LogP) is 1.23. The molecule has 10 heavy (non-hydrogen) atoms. The molecule has 0 radical (unpaired) electrons. The maximum absolute atomic E-state index is 10.7. The highest BCUT2D eigenvalue weighted by Crippen LogP contribution is 2.37. The number of carbonyl (C=O) groups excluding carboxylic acids is 1. The Morgan fingerprint density at radius 3 is 2.20 bits per heavy atom. The Morgan fingerprint density at radius 2 is 2.10 bits per heavy atom. The van der Waals surface area contributed by atoms with Crippen molar-refractivity contribution in [3.8, 4) is 0 Å². The molecule has 0 fully saturated rings. The second-order valence-electron chi connectivity index (χ2n) is 1.92. The molecule has 0 aromatic heterocycles. The second-order valence-corrected chi connectivity index (χ2v) is 3.74. The van der Waals surface area contributed by atoms with Gasteiger partial charge in [-0.3, -0.25) is 4.79 Å². The molecule has 0 saturated carbocycles. The van der Waals surface area contributed by atoms with Crippen LogP contribution in [0.5, 0.6) is 0 Å². The fourth-order valence-corrected chi connectivity index (χ4v) is 1.33. The van der Waals surface area contributed by atoms with Crippen LogP contribution < -0.4 is 0 Å². The summed E-state index contributed by atoms with van der Waals surface area (Å²) in [4.78, 5) is 10.7. The molecule has 0 spiro atoms. The molecule has 0 saturated heterocycles. The van der Waals surface area contributed by atoms with E-state index in [2.05, 4.69) is 0 Å². The molecule has 5 heteroatoms. The van der Waals surface area contributed by atoms with Crippen molar-refractivity contribution in [1.29, 1.82) is 0 Å². The third kappa shape index (κ3) is 1.05. The number of ketones is 1. The standard InChI is InChI=1S/C5H3Cl3O2/c6-2-1-3(9)5(7,8)4(2)10/h1,4,10H/t4-/m0/s1. The van der Waals surface area contributed by atoms with Gasteiger partial charge in [-0.2, -0.15) is 0 Å². The van der Waals surface area contributed by atoms with Gasteiger partial charge in [-0.25, -0.2) is 0 Å². The van der Waals surface area contributed by atoms with Gasteiger partial charge in [0.15, 0.2) is 5.78 Å². The van der Waals surface area contributed by atoms with Crippen molar-refractivity contribution in [3.05, 3.63) is 11.1 Å². The first-order chi connectivity index (χ1) is 4.46. The Hall–Kier alpha value is 0.240. The van der Waals surface area contributed by atoms with Crippen LogP contribution in [0.2, 0.25) is 0 Å². The van der Waals surface area contributed by atoms with Crippen molar-refractivity contribution in [1.82, 2.24) is 0 Å². The number of aliphatic hydroxyl groups excluding tert-OH is 1. The lowest BCUT2D eigenvalue weighted by atomic mass is 10.3. The molecule has 0 aromatic rings. The number of aliphatic hydroxyl groups is 1. The van der Waals surface area contributed by atoms with Crippen LogP contribution in [0.15, 0.2) is 11.1 Å². The van der Waals surface area contributed by atoms with E-state index in [1.165, 1.54) is 0 Å². The summed E-state index contributed by atoms with van der Waals surface area (Å²) in [6.07, 6.45) is -0.267. The van der Waals surface area contributed by atoms with Crippen molar-refractivity contribution >= 4 is 40.6 Å². The van der Waals surface area contributed by atoms with Crippen molar-refractivity contribution in [2.45, 2.75) is 10.4 Å². The van der Waals surface area contributed by atoms with Gasteiger partial charge >= 0.3 is 0 Å². The summed E-state index contributed by atoms with van der Waals surface area (Å²) in [7, 11) is 0. The molecule has 1 aliphatic rings. The molecule has 1 rings (SSSR count). The zero-order valence-electron chi connectivity index (χ0n) is 4.64. The molecule has 1 N–H and O–H groups in total. The quantitative estimate of drug-likeness (QED) is 0.599. The van der Waals surface area contributed by atoms with E-state index in [0.29, 0.717) is 0 Å². The summed E-state index contributed by atoms with van der Waals surface area (Å²) in [6.45, 7) is 0. The molecule has 0 bridgehead atoms. The molecular formula is C5H3Cl3O2. The van der Waals surface area contributed by atoms with E-state index in [4.69, 9.17) is 39.9 Å². The lowest BCUT2D eigenvalue weighted by molar-refractivity contribution is -0.115. The van der Waals surface area contributed by atoms with Crippen molar-refractivity contribution in [2.75, 3.05) is 0 Å². The first kappa shape index (κ1) is 8.34. The van der Waals surface area contributed by atoms with Crippen LogP contribution in [0.4, 0.5) is 0 Å². The number of alkyl halides is 2. The molecule has 0 unspecified atom stereocenters. The average Bonchev–Trinajstić information content (AvgIpc) is 1.97. The fourth-order valence-electron chi connectivity index (χ4n) is 0.608. The summed E-state index contributed by atoms with van der Waals surface area (Å²) in [6, 6.07) is 0. The lowest BCUT2D eigenvalue weighted by Crippen LogP contribution is -2.32. The Balaban J connectivity index is 2.98. The smallest absolute Gasteiger partial charge is 0.210 e. The van der Waals surface area contributed by atoms with E-state index in [9.17, 15) is 4.79 Å². The van der Waals surface area contributed by atoms with Crippen LogP contribution in [-0.4, -0.2) is 21.3 Å². The highest BCUT2D eigenvalue weighted by atomic mass is 35.5. The average molecular weight is 201 g/mol. The number of halogens is 3. The zero-order valence-corrected chi connectivity index (χ0v) is 6.91. The number of carbonyl (C=O) groups is 1. The molecule has 1 atom stereocenters. The van der Waals surface area contributed by atoms with Crippen molar-refractivity contribution < 1.29 is 9.90 Å². The third-order valence-corrected chi connectivity index (χ3v) is 2.30. The van der Waals surface area contributed by atoms with Crippen LogP contribution in [0.25, 0.3) is 0 Å². The Morgan fingerprint density at radius 1 is 1.60 bits per heavy atom. The largest absolute Gasteiger partial charge is 0.384 e. The number of allylic oxidation sites excluding steroid dienone is 1. The molecular weight excluding hydrogens is 198 g/mol. The Bertz CT molecular complexity index is 209. The van der Waals surface area contributed by atoms with Gasteiger partial charge in [0.2, 0.25) is 4.33 Å². The summed E-state index contributed by atoms with van der Waals surface area (Å²) in [5.74, 6) is -0.576. The second kappa shape index (κ2) is 2.38. The van der Waals surface area contributed by atoms with Gasteiger partial charge in [-0.1, -0.05) is 34.8 Å². The Labute approximate surface area is 72.4 Å². The van der Waals surface area contributed by atoms with E-state index in [1.54, 1.807) is 0 Å². The normalized spacial score (nSPS) is 30.6. The lowest BCUT2D eigenvalue weighted by Gasteiger charge is -2.14. The van der Waals surface area contributed by atoms with Crippen LogP contribution in [-0.2, 0) is 4.79 Å².